The van der Waals surface area contributed by atoms with Gasteiger partial charge in [0.15, 0.2) is 6.61 Å². The van der Waals surface area contributed by atoms with E-state index in [0.29, 0.717) is 17.5 Å². The molecule has 12 heteroatoms. The molecular formula is C19H17F3N2O6S. The van der Waals surface area contributed by atoms with Gasteiger partial charge in [0.1, 0.15) is 5.75 Å². The van der Waals surface area contributed by atoms with E-state index < -0.39 is 34.2 Å². The Bertz CT molecular complexity index is 968. The molecule has 0 aromatic heterocycles. The molecule has 2 aromatic rings. The number of nitrogens with zero attached hydrogens (tertiary/aromatic N) is 1. The van der Waals surface area contributed by atoms with Crippen LogP contribution in [0.2, 0.25) is 0 Å². The van der Waals surface area contributed by atoms with E-state index in [1.165, 1.54) is 6.07 Å². The summed E-state index contributed by atoms with van der Waals surface area (Å²) < 4.78 is 48.3. The molecule has 0 bridgehead atoms. The third-order valence-electron chi connectivity index (χ3n) is 3.62. The molecule has 0 saturated carbocycles. The predicted octanol–water partition coefficient (Wildman–Crippen LogP) is 4.29. The van der Waals surface area contributed by atoms with Crippen LogP contribution in [0.4, 0.5) is 24.5 Å². The third-order valence-corrected chi connectivity index (χ3v) is 4.68. The number of anilines is 1. The maximum absolute atomic E-state index is 12.8. The molecule has 0 unspecified atom stereocenters. The highest BCUT2D eigenvalue weighted by Gasteiger charge is 2.33. The predicted molar refractivity (Wildman–Crippen MR) is 106 cm³/mol. The molecule has 2 rings (SSSR count). The first-order valence-electron chi connectivity index (χ1n) is 8.77. The van der Waals surface area contributed by atoms with Crippen molar-refractivity contribution in [3.8, 4) is 5.75 Å². The fourth-order valence-corrected chi connectivity index (χ4v) is 3.11. The Balaban J connectivity index is 1.99. The van der Waals surface area contributed by atoms with Crippen LogP contribution >= 0.6 is 11.8 Å². The highest BCUT2D eigenvalue weighted by molar-refractivity contribution is 8.00. The number of nitrogens with one attached hydrogen (secondary N) is 1. The lowest BCUT2D eigenvalue weighted by atomic mass is 10.2. The molecule has 8 nitrogen and oxygen atoms in total. The molecule has 0 atom stereocenters. The number of hydrogen-bond donors (Lipinski definition) is 1. The number of benzene rings is 2. The molecule has 1 amide bonds. The normalized spacial score (nSPS) is 11.0. The second kappa shape index (κ2) is 10.7. The van der Waals surface area contributed by atoms with Gasteiger partial charge in [0.05, 0.1) is 27.7 Å². The van der Waals surface area contributed by atoms with Gasteiger partial charge in [-0.2, -0.15) is 13.2 Å². The number of esters is 1. The molecule has 0 saturated heterocycles. The van der Waals surface area contributed by atoms with E-state index in [2.05, 4.69) is 5.32 Å². The Labute approximate surface area is 178 Å². The first-order valence-corrected chi connectivity index (χ1v) is 9.75. The minimum absolute atomic E-state index is 0.0697. The average Bonchev–Trinajstić information content (AvgIpc) is 2.70. The monoisotopic (exact) mass is 458 g/mol. The van der Waals surface area contributed by atoms with Gasteiger partial charge in [0.25, 0.3) is 5.69 Å². The maximum atomic E-state index is 12.8. The Morgan fingerprint density at radius 1 is 1.19 bits per heavy atom. The molecule has 166 valence electrons. The average molecular weight is 458 g/mol. The van der Waals surface area contributed by atoms with Gasteiger partial charge in [-0.3, -0.25) is 14.9 Å². The summed E-state index contributed by atoms with van der Waals surface area (Å²) in [5.74, 6) is -1.06. The van der Waals surface area contributed by atoms with Crippen LogP contribution in [0.3, 0.4) is 0 Å². The highest BCUT2D eigenvalue weighted by Crippen LogP contribution is 2.36. The summed E-state index contributed by atoms with van der Waals surface area (Å²) in [6, 6.07) is 8.27. The van der Waals surface area contributed by atoms with Crippen molar-refractivity contribution < 1.29 is 37.2 Å². The molecule has 0 aliphatic rings. The first-order chi connectivity index (χ1) is 14.6. The Morgan fingerprint density at radius 2 is 1.94 bits per heavy atom. The molecule has 0 spiro atoms. The number of carbonyl (C=O) groups is 2. The van der Waals surface area contributed by atoms with Crippen LogP contribution in [0.5, 0.6) is 5.75 Å². The lowest BCUT2D eigenvalue weighted by Crippen LogP contribution is -2.16. The Morgan fingerprint density at radius 3 is 2.58 bits per heavy atom. The molecular weight excluding hydrogens is 441 g/mol. The van der Waals surface area contributed by atoms with Gasteiger partial charge in [-0.15, -0.1) is 11.8 Å². The van der Waals surface area contributed by atoms with E-state index in [9.17, 15) is 32.9 Å². The number of thioether (sulfide) groups is 1. The van der Waals surface area contributed by atoms with Gasteiger partial charge in [0.2, 0.25) is 5.91 Å². The van der Waals surface area contributed by atoms with Crippen molar-refractivity contribution in [1.29, 1.82) is 0 Å². The zero-order valence-electron chi connectivity index (χ0n) is 16.1. The van der Waals surface area contributed by atoms with Crippen molar-refractivity contribution in [1.82, 2.24) is 0 Å². The minimum atomic E-state index is -4.72. The molecule has 0 heterocycles. The van der Waals surface area contributed by atoms with Crippen molar-refractivity contribution in [2.24, 2.45) is 0 Å². The number of halogens is 3. The molecule has 0 fully saturated rings. The van der Waals surface area contributed by atoms with E-state index in [4.69, 9.17) is 9.47 Å². The van der Waals surface area contributed by atoms with Crippen molar-refractivity contribution >= 4 is 35.0 Å². The largest absolute Gasteiger partial charge is 0.482 e. The van der Waals surface area contributed by atoms with Crippen molar-refractivity contribution in [3.63, 3.8) is 0 Å². The van der Waals surface area contributed by atoms with E-state index >= 15 is 0 Å². The smallest absolute Gasteiger partial charge is 0.416 e. The number of rotatable bonds is 9. The molecule has 0 aliphatic heterocycles. The molecule has 1 N–H and O–H groups in total. The van der Waals surface area contributed by atoms with Crippen molar-refractivity contribution in [3.05, 3.63) is 58.1 Å². The quantitative estimate of drug-likeness (QED) is 0.259. The van der Waals surface area contributed by atoms with Gasteiger partial charge in [-0.05, 0) is 31.2 Å². The number of nitro groups is 1. The molecule has 0 radical (unpaired) electrons. The molecule has 0 aliphatic carbocycles. The number of amides is 1. The lowest BCUT2D eigenvalue weighted by Gasteiger charge is -2.10. The van der Waals surface area contributed by atoms with Gasteiger partial charge < -0.3 is 14.8 Å². The van der Waals surface area contributed by atoms with Crippen LogP contribution in [0.25, 0.3) is 0 Å². The summed E-state index contributed by atoms with van der Waals surface area (Å²) in [6.07, 6.45) is -4.72. The van der Waals surface area contributed by atoms with Crippen LogP contribution in [0, 0.1) is 10.1 Å². The first kappa shape index (κ1) is 24.0. The zero-order valence-corrected chi connectivity index (χ0v) is 16.9. The summed E-state index contributed by atoms with van der Waals surface area (Å²) >= 11 is 0.732. The number of nitro benzene ring substituents is 1. The second-order valence-electron chi connectivity index (χ2n) is 5.90. The van der Waals surface area contributed by atoms with Crippen molar-refractivity contribution in [2.45, 2.75) is 18.0 Å². The summed E-state index contributed by atoms with van der Waals surface area (Å²) in [5, 5.41) is 13.6. The van der Waals surface area contributed by atoms with E-state index in [0.717, 1.165) is 23.9 Å². The topological polar surface area (TPSA) is 108 Å². The van der Waals surface area contributed by atoms with Crippen LogP contribution < -0.4 is 10.1 Å². The zero-order chi connectivity index (χ0) is 23.0. The summed E-state index contributed by atoms with van der Waals surface area (Å²) in [4.78, 5) is 33.6. The second-order valence-corrected chi connectivity index (χ2v) is 6.91. The number of carbonyl (C=O) groups excluding carboxylic acids is 2. The van der Waals surface area contributed by atoms with Crippen LogP contribution in [0.1, 0.15) is 12.5 Å². The van der Waals surface area contributed by atoms with Gasteiger partial charge in [-0.25, -0.2) is 4.79 Å². The number of alkyl halides is 3. The highest BCUT2D eigenvalue weighted by atomic mass is 32.2. The molecule has 31 heavy (non-hydrogen) atoms. The van der Waals surface area contributed by atoms with Crippen LogP contribution in [0.15, 0.2) is 47.4 Å². The Hall–Kier alpha value is -3.28. The number of hydrogen-bond acceptors (Lipinski definition) is 7. The van der Waals surface area contributed by atoms with Crippen LogP contribution in [-0.2, 0) is 20.5 Å². The van der Waals surface area contributed by atoms with Gasteiger partial charge in [-0.1, -0.05) is 6.07 Å². The van der Waals surface area contributed by atoms with E-state index in [-0.39, 0.29) is 23.9 Å². The minimum Gasteiger partial charge on any atom is -0.482 e. The summed E-state index contributed by atoms with van der Waals surface area (Å²) in [6.45, 7) is 1.57. The summed E-state index contributed by atoms with van der Waals surface area (Å²) in [5.41, 5.74) is -1.54. The van der Waals surface area contributed by atoms with Crippen molar-refractivity contribution in [2.75, 3.05) is 24.3 Å². The van der Waals surface area contributed by atoms with Gasteiger partial charge >= 0.3 is 12.1 Å². The Kier molecular flexibility index (Phi) is 8.25. The van der Waals surface area contributed by atoms with E-state index in [1.807, 2.05) is 0 Å². The fraction of sp³-hybridized carbons (Fsp3) is 0.263. The maximum Gasteiger partial charge on any atom is 0.416 e. The fourth-order valence-electron chi connectivity index (χ4n) is 2.31. The van der Waals surface area contributed by atoms with Crippen LogP contribution in [-0.4, -0.2) is 35.8 Å². The lowest BCUT2D eigenvalue weighted by molar-refractivity contribution is -0.388. The molecule has 2 aromatic carbocycles. The standard InChI is InChI=1S/C19H17F3N2O6S/c1-2-29-18(26)10-30-14-5-3-4-13(9-14)23-17(25)11-31-16-7-6-12(19(20,21)22)8-15(16)24(27)28/h3-9H,2,10-11H2,1H3,(H,23,25). The summed E-state index contributed by atoms with van der Waals surface area (Å²) in [7, 11) is 0. The van der Waals surface area contributed by atoms with Gasteiger partial charge in [0, 0.05) is 17.8 Å². The SMILES string of the molecule is CCOC(=O)COc1cccc(NC(=O)CSc2ccc(C(F)(F)F)cc2[N+](=O)[O-])c1. The third kappa shape index (κ3) is 7.48. The van der Waals surface area contributed by atoms with E-state index in [1.54, 1.807) is 25.1 Å². The number of ether oxygens (including phenoxy) is 2.